The Morgan fingerprint density at radius 3 is 2.25 bits per heavy atom. The molecule has 0 spiro atoms. The molecule has 2 rings (SSSR count). The number of hydrogen-bond donors (Lipinski definition) is 1. The maximum atomic E-state index is 12.6. The molecular formula is C20H29N3O5. The lowest BCUT2D eigenvalue weighted by Gasteiger charge is -2.36. The average molecular weight is 391 g/mol. The topological polar surface area (TPSA) is 88.2 Å². The predicted molar refractivity (Wildman–Crippen MR) is 104 cm³/mol. The summed E-state index contributed by atoms with van der Waals surface area (Å²) in [6, 6.07) is 6.31. The molecule has 1 aliphatic rings. The number of nitrogens with one attached hydrogen (secondary N) is 1. The van der Waals surface area contributed by atoms with Gasteiger partial charge < -0.3 is 24.6 Å². The lowest BCUT2D eigenvalue weighted by molar-refractivity contribution is -0.134. The molecule has 28 heavy (non-hydrogen) atoms. The number of carbonyl (C=O) groups is 3. The molecule has 3 amide bonds. The van der Waals surface area contributed by atoms with Crippen LogP contribution in [0.3, 0.4) is 0 Å². The van der Waals surface area contributed by atoms with E-state index in [1.165, 1.54) is 0 Å². The molecule has 1 N–H and O–H groups in total. The number of ether oxygens (including phenoxy) is 2. The number of amides is 3. The summed E-state index contributed by atoms with van der Waals surface area (Å²) in [6.45, 7) is 8.60. The molecule has 0 bridgehead atoms. The van der Waals surface area contributed by atoms with Gasteiger partial charge >= 0.3 is 6.09 Å². The van der Waals surface area contributed by atoms with E-state index in [0.717, 1.165) is 0 Å². The van der Waals surface area contributed by atoms with Crippen LogP contribution in [0, 0.1) is 0 Å². The van der Waals surface area contributed by atoms with Gasteiger partial charge in [-0.3, -0.25) is 9.59 Å². The normalized spacial score (nSPS) is 15.6. The van der Waals surface area contributed by atoms with Crippen molar-refractivity contribution >= 4 is 17.9 Å². The van der Waals surface area contributed by atoms with Crippen molar-refractivity contribution < 1.29 is 23.9 Å². The van der Waals surface area contributed by atoms with E-state index in [2.05, 4.69) is 5.32 Å². The number of hydrogen-bond acceptors (Lipinski definition) is 5. The summed E-state index contributed by atoms with van der Waals surface area (Å²) in [5.41, 5.74) is -0.0713. The van der Waals surface area contributed by atoms with Crippen LogP contribution in [-0.2, 0) is 9.53 Å². The Kier molecular flexibility index (Phi) is 6.88. The van der Waals surface area contributed by atoms with Crippen LogP contribution in [0.5, 0.6) is 5.75 Å². The average Bonchev–Trinajstić information content (AvgIpc) is 2.65. The van der Waals surface area contributed by atoms with Gasteiger partial charge in [0.05, 0.1) is 7.11 Å². The molecule has 1 heterocycles. The summed E-state index contributed by atoms with van der Waals surface area (Å²) in [7, 11) is 1.56. The first kappa shape index (κ1) is 21.5. The fourth-order valence-corrected chi connectivity index (χ4v) is 2.89. The molecule has 0 radical (unpaired) electrons. The monoisotopic (exact) mass is 391 g/mol. The van der Waals surface area contributed by atoms with Gasteiger partial charge in [-0.2, -0.15) is 0 Å². The van der Waals surface area contributed by atoms with Crippen molar-refractivity contribution in [2.24, 2.45) is 0 Å². The predicted octanol–water partition coefficient (Wildman–Crippen LogP) is 1.89. The summed E-state index contributed by atoms with van der Waals surface area (Å²) in [6.07, 6.45) is -0.625. The highest BCUT2D eigenvalue weighted by Gasteiger charge is 2.29. The van der Waals surface area contributed by atoms with Crippen molar-refractivity contribution in [3.8, 4) is 5.75 Å². The molecule has 8 nitrogen and oxygen atoms in total. The first-order chi connectivity index (χ1) is 13.1. The third-order valence-corrected chi connectivity index (χ3v) is 4.30. The Morgan fingerprint density at radius 2 is 1.68 bits per heavy atom. The highest BCUT2D eigenvalue weighted by molar-refractivity contribution is 5.95. The van der Waals surface area contributed by atoms with E-state index in [1.54, 1.807) is 68.9 Å². The second-order valence-electron chi connectivity index (χ2n) is 7.72. The van der Waals surface area contributed by atoms with Crippen molar-refractivity contribution in [1.82, 2.24) is 15.1 Å². The van der Waals surface area contributed by atoms with E-state index in [4.69, 9.17) is 9.47 Å². The first-order valence-corrected chi connectivity index (χ1v) is 9.32. The number of nitrogens with zero attached hydrogens (tertiary/aromatic N) is 2. The SMILES string of the molecule is COc1cccc(C(=O)N2CCN(C(=O)C(C)NC(=O)OC(C)(C)C)CC2)c1. The number of methoxy groups -OCH3 is 1. The van der Waals surface area contributed by atoms with E-state index in [0.29, 0.717) is 37.5 Å². The van der Waals surface area contributed by atoms with E-state index in [1.807, 2.05) is 0 Å². The van der Waals surface area contributed by atoms with Crippen molar-refractivity contribution in [3.63, 3.8) is 0 Å². The molecule has 0 aromatic heterocycles. The summed E-state index contributed by atoms with van der Waals surface area (Å²) >= 11 is 0. The zero-order valence-corrected chi connectivity index (χ0v) is 17.2. The molecule has 0 saturated carbocycles. The van der Waals surface area contributed by atoms with Crippen LogP contribution in [0.4, 0.5) is 4.79 Å². The van der Waals surface area contributed by atoms with Crippen molar-refractivity contribution in [3.05, 3.63) is 29.8 Å². The van der Waals surface area contributed by atoms with Gasteiger partial charge in [-0.25, -0.2) is 4.79 Å². The summed E-state index contributed by atoms with van der Waals surface area (Å²) in [4.78, 5) is 40.4. The van der Waals surface area contributed by atoms with Crippen LogP contribution in [0.2, 0.25) is 0 Å². The maximum Gasteiger partial charge on any atom is 0.408 e. The van der Waals surface area contributed by atoms with Gasteiger partial charge in [-0.1, -0.05) is 6.07 Å². The largest absolute Gasteiger partial charge is 0.497 e. The molecule has 1 saturated heterocycles. The van der Waals surface area contributed by atoms with Crippen LogP contribution in [0.25, 0.3) is 0 Å². The molecule has 1 aliphatic heterocycles. The van der Waals surface area contributed by atoms with E-state index in [9.17, 15) is 14.4 Å². The Hall–Kier alpha value is -2.77. The number of alkyl carbamates (subject to hydrolysis) is 1. The van der Waals surface area contributed by atoms with Crippen molar-refractivity contribution in [1.29, 1.82) is 0 Å². The fraction of sp³-hybridized carbons (Fsp3) is 0.550. The zero-order valence-electron chi connectivity index (χ0n) is 17.2. The molecule has 1 atom stereocenters. The molecular weight excluding hydrogens is 362 g/mol. The molecule has 8 heteroatoms. The van der Waals surface area contributed by atoms with Crippen LogP contribution in [0.15, 0.2) is 24.3 Å². The van der Waals surface area contributed by atoms with Gasteiger partial charge in [0.25, 0.3) is 5.91 Å². The summed E-state index contributed by atoms with van der Waals surface area (Å²) in [5, 5.41) is 2.56. The van der Waals surface area contributed by atoms with Crippen LogP contribution in [0.1, 0.15) is 38.1 Å². The van der Waals surface area contributed by atoms with Gasteiger partial charge in [-0.05, 0) is 45.9 Å². The van der Waals surface area contributed by atoms with Crippen LogP contribution >= 0.6 is 0 Å². The van der Waals surface area contributed by atoms with Gasteiger partial charge in [0.15, 0.2) is 0 Å². The maximum absolute atomic E-state index is 12.6. The lowest BCUT2D eigenvalue weighted by Crippen LogP contribution is -2.55. The molecule has 1 aromatic rings. The number of benzene rings is 1. The smallest absolute Gasteiger partial charge is 0.408 e. The van der Waals surface area contributed by atoms with E-state index < -0.39 is 17.7 Å². The van der Waals surface area contributed by atoms with Crippen LogP contribution < -0.4 is 10.1 Å². The Balaban J connectivity index is 1.87. The highest BCUT2D eigenvalue weighted by Crippen LogP contribution is 2.16. The molecule has 1 fully saturated rings. The molecule has 1 unspecified atom stereocenters. The summed E-state index contributed by atoms with van der Waals surface area (Å²) < 4.78 is 10.3. The Labute approximate surface area is 165 Å². The van der Waals surface area contributed by atoms with E-state index in [-0.39, 0.29) is 11.8 Å². The Bertz CT molecular complexity index is 721. The lowest BCUT2D eigenvalue weighted by atomic mass is 10.1. The van der Waals surface area contributed by atoms with Gasteiger partial charge in [0.2, 0.25) is 5.91 Å². The number of piperazine rings is 1. The van der Waals surface area contributed by atoms with Crippen LogP contribution in [-0.4, -0.2) is 72.6 Å². The third kappa shape index (κ3) is 5.87. The minimum atomic E-state index is -0.699. The third-order valence-electron chi connectivity index (χ3n) is 4.30. The minimum Gasteiger partial charge on any atom is -0.497 e. The molecule has 1 aromatic carbocycles. The van der Waals surface area contributed by atoms with Crippen molar-refractivity contribution in [2.45, 2.75) is 39.3 Å². The second kappa shape index (κ2) is 8.95. The van der Waals surface area contributed by atoms with Gasteiger partial charge in [0.1, 0.15) is 17.4 Å². The van der Waals surface area contributed by atoms with Gasteiger partial charge in [-0.15, -0.1) is 0 Å². The second-order valence-corrected chi connectivity index (χ2v) is 7.72. The zero-order chi connectivity index (χ0) is 20.9. The first-order valence-electron chi connectivity index (χ1n) is 9.32. The van der Waals surface area contributed by atoms with Gasteiger partial charge in [0, 0.05) is 31.7 Å². The standard InChI is InChI=1S/C20H29N3O5/c1-14(21-19(26)28-20(2,3)4)17(24)22-9-11-23(12-10-22)18(25)15-7-6-8-16(13-15)27-5/h6-8,13-14H,9-12H2,1-5H3,(H,21,26). The van der Waals surface area contributed by atoms with Crippen molar-refractivity contribution in [2.75, 3.05) is 33.3 Å². The minimum absolute atomic E-state index is 0.0917. The molecule has 0 aliphatic carbocycles. The molecule has 154 valence electrons. The highest BCUT2D eigenvalue weighted by atomic mass is 16.6. The fourth-order valence-electron chi connectivity index (χ4n) is 2.89. The van der Waals surface area contributed by atoms with E-state index >= 15 is 0 Å². The number of rotatable bonds is 4. The Morgan fingerprint density at radius 1 is 1.07 bits per heavy atom. The summed E-state index contributed by atoms with van der Waals surface area (Å²) in [5.74, 6) is 0.340. The number of carbonyl (C=O) groups excluding carboxylic acids is 3. The quantitative estimate of drug-likeness (QED) is 0.847.